The van der Waals surface area contributed by atoms with Crippen LogP contribution < -0.4 is 0 Å². The van der Waals surface area contributed by atoms with Crippen LogP contribution in [0.4, 0.5) is 4.39 Å². The van der Waals surface area contributed by atoms with Crippen LogP contribution >= 0.6 is 11.6 Å². The first-order valence-corrected chi connectivity index (χ1v) is 6.93. The maximum atomic E-state index is 13.5. The van der Waals surface area contributed by atoms with E-state index in [4.69, 9.17) is 16.9 Å². The molecule has 6 heteroatoms. The van der Waals surface area contributed by atoms with E-state index in [9.17, 15) is 4.39 Å². The Bertz CT molecular complexity index is 962. The van der Waals surface area contributed by atoms with Gasteiger partial charge >= 0.3 is 0 Å². The quantitative estimate of drug-likeness (QED) is 0.646. The molecule has 3 rings (SSSR count). The zero-order valence-corrected chi connectivity index (χ0v) is 12.4. The Hall–Kier alpha value is -3.15. The molecule has 0 bridgehead atoms. The third-order valence-corrected chi connectivity index (χ3v) is 3.21. The van der Waals surface area contributed by atoms with Crippen molar-refractivity contribution in [3.63, 3.8) is 0 Å². The van der Waals surface area contributed by atoms with Gasteiger partial charge in [0.25, 0.3) is 0 Å². The van der Waals surface area contributed by atoms with Crippen LogP contribution in [0.5, 0.6) is 0 Å². The standard InChI is InChI=1S/C17H8ClFN4/c18-17-13(4-5-15-3-1-2-6-21-15)11-23(22-17)16-8-12(10-20)7-14(19)9-16/h1-3,6-9,11H. The number of nitriles is 1. The zero-order valence-electron chi connectivity index (χ0n) is 11.7. The lowest BCUT2D eigenvalue weighted by Crippen LogP contribution is -1.96. The van der Waals surface area contributed by atoms with Crippen LogP contribution in [0.3, 0.4) is 0 Å². The molecule has 4 nitrogen and oxygen atoms in total. The summed E-state index contributed by atoms with van der Waals surface area (Å²) in [7, 11) is 0. The smallest absolute Gasteiger partial charge is 0.167 e. The van der Waals surface area contributed by atoms with Crippen LogP contribution in [0.25, 0.3) is 5.69 Å². The molecule has 0 N–H and O–H groups in total. The second-order valence-electron chi connectivity index (χ2n) is 4.55. The van der Waals surface area contributed by atoms with Crippen LogP contribution in [-0.2, 0) is 0 Å². The second-order valence-corrected chi connectivity index (χ2v) is 4.91. The fourth-order valence-corrected chi connectivity index (χ4v) is 2.09. The number of hydrogen-bond donors (Lipinski definition) is 0. The number of aromatic nitrogens is 3. The summed E-state index contributed by atoms with van der Waals surface area (Å²) in [5, 5.41) is 13.2. The highest BCUT2D eigenvalue weighted by Crippen LogP contribution is 2.18. The zero-order chi connectivity index (χ0) is 16.2. The summed E-state index contributed by atoms with van der Waals surface area (Å²) in [5.74, 6) is 5.23. The summed E-state index contributed by atoms with van der Waals surface area (Å²) in [6, 6.07) is 11.2. The van der Waals surface area contributed by atoms with Gasteiger partial charge < -0.3 is 0 Å². The first kappa shape index (κ1) is 14.8. The second kappa shape index (κ2) is 6.31. The molecule has 3 aromatic rings. The molecule has 0 saturated carbocycles. The molecule has 0 amide bonds. The average molecular weight is 323 g/mol. The van der Waals surface area contributed by atoms with Crippen molar-refractivity contribution in [2.45, 2.75) is 0 Å². The molecule has 0 atom stereocenters. The van der Waals surface area contributed by atoms with Crippen molar-refractivity contribution in [3.8, 4) is 23.6 Å². The Morgan fingerprint density at radius 1 is 1.17 bits per heavy atom. The molecule has 23 heavy (non-hydrogen) atoms. The van der Waals surface area contributed by atoms with E-state index < -0.39 is 5.82 Å². The molecule has 0 unspecified atom stereocenters. The third kappa shape index (κ3) is 3.37. The van der Waals surface area contributed by atoms with Gasteiger partial charge in [0.15, 0.2) is 5.15 Å². The topological polar surface area (TPSA) is 54.5 Å². The van der Waals surface area contributed by atoms with Crippen molar-refractivity contribution in [2.75, 3.05) is 0 Å². The fraction of sp³-hybridized carbons (Fsp3) is 0. The molecule has 0 radical (unpaired) electrons. The van der Waals surface area contributed by atoms with Gasteiger partial charge in [-0.2, -0.15) is 10.4 Å². The van der Waals surface area contributed by atoms with E-state index in [-0.39, 0.29) is 10.7 Å². The third-order valence-electron chi connectivity index (χ3n) is 2.94. The van der Waals surface area contributed by atoms with E-state index in [1.54, 1.807) is 24.5 Å². The number of benzene rings is 1. The average Bonchev–Trinajstić information content (AvgIpc) is 2.94. The van der Waals surface area contributed by atoms with Gasteiger partial charge in [-0.3, -0.25) is 0 Å². The van der Waals surface area contributed by atoms with Gasteiger partial charge in [0.05, 0.1) is 22.9 Å². The maximum Gasteiger partial charge on any atom is 0.167 e. The molecule has 2 aromatic heterocycles. The van der Waals surface area contributed by atoms with Gasteiger partial charge in [0, 0.05) is 12.4 Å². The molecule has 0 saturated heterocycles. The largest absolute Gasteiger partial charge is 0.248 e. The maximum absolute atomic E-state index is 13.5. The molecule has 0 aliphatic carbocycles. The highest BCUT2D eigenvalue weighted by Gasteiger charge is 2.08. The van der Waals surface area contributed by atoms with E-state index in [0.717, 1.165) is 6.07 Å². The summed E-state index contributed by atoms with van der Waals surface area (Å²) < 4.78 is 14.9. The Balaban J connectivity index is 1.98. The molecule has 110 valence electrons. The first-order valence-electron chi connectivity index (χ1n) is 6.55. The number of pyridine rings is 1. The summed E-state index contributed by atoms with van der Waals surface area (Å²) in [6.45, 7) is 0. The van der Waals surface area contributed by atoms with E-state index in [1.807, 2.05) is 12.1 Å². The molecule has 1 aromatic carbocycles. The molecule has 0 aliphatic heterocycles. The number of hydrogen-bond acceptors (Lipinski definition) is 3. The van der Waals surface area contributed by atoms with Crippen molar-refractivity contribution in [3.05, 3.63) is 76.6 Å². The van der Waals surface area contributed by atoms with Crippen LogP contribution in [0.2, 0.25) is 5.15 Å². The highest BCUT2D eigenvalue weighted by molar-refractivity contribution is 6.30. The summed E-state index contributed by atoms with van der Waals surface area (Å²) in [4.78, 5) is 4.09. The van der Waals surface area contributed by atoms with Crippen LogP contribution in [-0.4, -0.2) is 14.8 Å². The van der Waals surface area contributed by atoms with Crippen molar-refractivity contribution >= 4 is 11.6 Å². The summed E-state index contributed by atoms with van der Waals surface area (Å²) in [6.07, 6.45) is 3.22. The normalized spacial score (nSPS) is 9.78. The molecule has 0 spiro atoms. The lowest BCUT2D eigenvalue weighted by atomic mass is 10.2. The Labute approximate surface area is 136 Å². The van der Waals surface area contributed by atoms with Crippen molar-refractivity contribution in [1.29, 1.82) is 5.26 Å². The minimum absolute atomic E-state index is 0.191. The van der Waals surface area contributed by atoms with Crippen LogP contribution in [0.15, 0.2) is 48.8 Å². The van der Waals surface area contributed by atoms with Gasteiger partial charge in [-0.1, -0.05) is 23.6 Å². The number of rotatable bonds is 1. The predicted molar refractivity (Wildman–Crippen MR) is 83.5 cm³/mol. The number of nitrogens with zero attached hydrogens (tertiary/aromatic N) is 4. The Morgan fingerprint density at radius 3 is 2.78 bits per heavy atom. The van der Waals surface area contributed by atoms with Crippen molar-refractivity contribution in [1.82, 2.24) is 14.8 Å². The SMILES string of the molecule is N#Cc1cc(F)cc(-n2cc(C#Cc3ccccn3)c(Cl)n2)c1. The van der Waals surface area contributed by atoms with Crippen LogP contribution in [0, 0.1) is 29.0 Å². The van der Waals surface area contributed by atoms with Crippen molar-refractivity contribution < 1.29 is 4.39 Å². The van der Waals surface area contributed by atoms with Gasteiger partial charge in [-0.25, -0.2) is 14.1 Å². The molecule has 0 aliphatic rings. The first-order chi connectivity index (χ1) is 11.2. The van der Waals surface area contributed by atoms with Gasteiger partial charge in [-0.05, 0) is 36.3 Å². The lowest BCUT2D eigenvalue weighted by molar-refractivity contribution is 0.625. The van der Waals surface area contributed by atoms with E-state index >= 15 is 0 Å². The monoisotopic (exact) mass is 322 g/mol. The summed E-state index contributed by atoms with van der Waals surface area (Å²) >= 11 is 6.06. The molecule has 0 fully saturated rings. The van der Waals surface area contributed by atoms with Gasteiger partial charge in [0.2, 0.25) is 0 Å². The fourth-order valence-electron chi connectivity index (χ4n) is 1.91. The predicted octanol–water partition coefficient (Wildman–Crippen LogP) is 3.33. The van der Waals surface area contributed by atoms with Gasteiger partial charge in [-0.15, -0.1) is 0 Å². The Morgan fingerprint density at radius 2 is 2.04 bits per heavy atom. The highest BCUT2D eigenvalue weighted by atomic mass is 35.5. The minimum atomic E-state index is -0.521. The molecule has 2 heterocycles. The van der Waals surface area contributed by atoms with E-state index in [2.05, 4.69) is 21.9 Å². The number of halogens is 2. The van der Waals surface area contributed by atoms with Crippen molar-refractivity contribution in [2.24, 2.45) is 0 Å². The van der Waals surface area contributed by atoms with E-state index in [0.29, 0.717) is 16.9 Å². The lowest BCUT2D eigenvalue weighted by Gasteiger charge is -2.01. The minimum Gasteiger partial charge on any atom is -0.248 e. The summed E-state index contributed by atoms with van der Waals surface area (Å²) in [5.41, 5.74) is 1.69. The van der Waals surface area contributed by atoms with E-state index in [1.165, 1.54) is 16.8 Å². The molecular weight excluding hydrogens is 315 g/mol. The molecular formula is C17H8ClFN4. The van der Waals surface area contributed by atoms with Gasteiger partial charge in [0.1, 0.15) is 11.5 Å². The Kier molecular flexibility index (Phi) is 4.05. The van der Waals surface area contributed by atoms with Crippen LogP contribution in [0.1, 0.15) is 16.8 Å².